The van der Waals surface area contributed by atoms with Crippen LogP contribution in [0.25, 0.3) is 0 Å². The average molecular weight is 296 g/mol. The minimum absolute atomic E-state index is 0.000250. The first-order valence-electron chi connectivity index (χ1n) is 6.92. The molecule has 116 valence electrons. The van der Waals surface area contributed by atoms with Crippen LogP contribution >= 0.6 is 0 Å². The lowest BCUT2D eigenvalue weighted by atomic mass is 10.1. The zero-order valence-electron chi connectivity index (χ0n) is 12.2. The summed E-state index contributed by atoms with van der Waals surface area (Å²) in [5.74, 6) is 0.341. The predicted molar refractivity (Wildman–Crippen MR) is 74.4 cm³/mol. The molecule has 2 rings (SSSR count). The fraction of sp³-hybridized carbons (Fsp3) is 0.533. The van der Waals surface area contributed by atoms with Crippen LogP contribution in [0.1, 0.15) is 25.0 Å². The summed E-state index contributed by atoms with van der Waals surface area (Å²) < 4.78 is 21.1. The summed E-state index contributed by atoms with van der Waals surface area (Å²) in [7, 11) is 1.51. The molecule has 0 radical (unpaired) electrons. The van der Waals surface area contributed by atoms with E-state index >= 15 is 0 Å². The molecule has 2 atom stereocenters. The average Bonchev–Trinajstić information content (AvgIpc) is 3.00. The molecule has 1 aliphatic rings. The second-order valence-corrected chi connectivity index (χ2v) is 4.67. The van der Waals surface area contributed by atoms with E-state index in [0.717, 1.165) is 6.42 Å². The van der Waals surface area contributed by atoms with Gasteiger partial charge in [0.25, 0.3) is 0 Å². The number of hydrogen-bond donors (Lipinski definition) is 1. The van der Waals surface area contributed by atoms with Crippen molar-refractivity contribution in [1.82, 2.24) is 0 Å². The van der Waals surface area contributed by atoms with Crippen LogP contribution in [0.4, 0.5) is 0 Å². The summed E-state index contributed by atoms with van der Waals surface area (Å²) in [6, 6.07) is 4.87. The molecule has 0 bridgehead atoms. The van der Waals surface area contributed by atoms with Gasteiger partial charge in [0.05, 0.1) is 26.9 Å². The molecule has 0 saturated carbocycles. The molecule has 1 N–H and O–H groups in total. The standard InChI is InChI=1S/C15H20O6/c1-3-20-15(17)14(16)10-4-5-12(13(8-10)18-2)21-11-6-7-19-9-11/h4-5,8,11,14,16H,3,6-7,9H2,1-2H3. The van der Waals surface area contributed by atoms with E-state index in [9.17, 15) is 9.90 Å². The number of hydrogen-bond acceptors (Lipinski definition) is 6. The molecule has 1 saturated heterocycles. The molecular weight excluding hydrogens is 276 g/mol. The molecule has 1 aromatic carbocycles. The first-order chi connectivity index (χ1) is 10.2. The zero-order chi connectivity index (χ0) is 15.2. The predicted octanol–water partition coefficient (Wildman–Crippen LogP) is 1.46. The van der Waals surface area contributed by atoms with Crippen molar-refractivity contribution in [3.63, 3.8) is 0 Å². The Morgan fingerprint density at radius 3 is 2.90 bits per heavy atom. The maximum atomic E-state index is 11.5. The lowest BCUT2D eigenvalue weighted by Crippen LogP contribution is -2.17. The van der Waals surface area contributed by atoms with Crippen molar-refractivity contribution in [2.24, 2.45) is 0 Å². The van der Waals surface area contributed by atoms with Gasteiger partial charge in [0, 0.05) is 6.42 Å². The number of methoxy groups -OCH3 is 1. The number of ether oxygens (including phenoxy) is 4. The quantitative estimate of drug-likeness (QED) is 0.801. The molecule has 0 spiro atoms. The highest BCUT2D eigenvalue weighted by atomic mass is 16.6. The van der Waals surface area contributed by atoms with Gasteiger partial charge in [-0.15, -0.1) is 0 Å². The molecule has 0 amide bonds. The van der Waals surface area contributed by atoms with Gasteiger partial charge in [0.15, 0.2) is 17.6 Å². The van der Waals surface area contributed by atoms with Gasteiger partial charge in [-0.2, -0.15) is 0 Å². The van der Waals surface area contributed by atoms with Gasteiger partial charge in [-0.3, -0.25) is 0 Å². The minimum Gasteiger partial charge on any atom is -0.493 e. The molecular formula is C15H20O6. The molecule has 1 aromatic rings. The third-order valence-electron chi connectivity index (χ3n) is 3.19. The largest absolute Gasteiger partial charge is 0.493 e. The van der Waals surface area contributed by atoms with Crippen LogP contribution in [-0.4, -0.2) is 44.1 Å². The molecule has 1 fully saturated rings. The summed E-state index contributed by atoms with van der Waals surface area (Å²) in [6.07, 6.45) is -0.501. The molecule has 1 heterocycles. The van der Waals surface area contributed by atoms with Crippen LogP contribution in [0.2, 0.25) is 0 Å². The second kappa shape index (κ2) is 7.28. The van der Waals surface area contributed by atoms with Crippen molar-refractivity contribution in [3.05, 3.63) is 23.8 Å². The number of carbonyl (C=O) groups is 1. The number of esters is 1. The summed E-state index contributed by atoms with van der Waals surface area (Å²) in [4.78, 5) is 11.5. The van der Waals surface area contributed by atoms with Crippen LogP contribution in [-0.2, 0) is 14.3 Å². The molecule has 0 aromatic heterocycles. The Balaban J connectivity index is 2.13. The number of rotatable bonds is 6. The van der Waals surface area contributed by atoms with Crippen LogP contribution in [0.3, 0.4) is 0 Å². The fourth-order valence-electron chi connectivity index (χ4n) is 2.09. The highest BCUT2D eigenvalue weighted by Crippen LogP contribution is 2.32. The van der Waals surface area contributed by atoms with Crippen molar-refractivity contribution in [1.29, 1.82) is 0 Å². The molecule has 0 aliphatic carbocycles. The van der Waals surface area contributed by atoms with E-state index in [1.54, 1.807) is 25.1 Å². The molecule has 6 heteroatoms. The van der Waals surface area contributed by atoms with Gasteiger partial charge in [-0.25, -0.2) is 4.79 Å². The van der Waals surface area contributed by atoms with Crippen LogP contribution < -0.4 is 9.47 Å². The number of aliphatic hydroxyl groups is 1. The Labute approximate surface area is 123 Å². The van der Waals surface area contributed by atoms with E-state index in [0.29, 0.717) is 30.3 Å². The SMILES string of the molecule is CCOC(=O)C(O)c1ccc(OC2CCOC2)c(OC)c1. The zero-order valence-corrected chi connectivity index (χ0v) is 12.2. The van der Waals surface area contributed by atoms with Crippen LogP contribution in [0.5, 0.6) is 11.5 Å². The summed E-state index contributed by atoms with van der Waals surface area (Å²) >= 11 is 0. The Morgan fingerprint density at radius 1 is 1.48 bits per heavy atom. The van der Waals surface area contributed by atoms with Crippen molar-refractivity contribution in [2.45, 2.75) is 25.6 Å². The minimum atomic E-state index is -1.33. The number of carbonyl (C=O) groups excluding carboxylic acids is 1. The van der Waals surface area contributed by atoms with Crippen LogP contribution in [0, 0.1) is 0 Å². The number of aliphatic hydroxyl groups excluding tert-OH is 1. The van der Waals surface area contributed by atoms with Crippen molar-refractivity contribution in [3.8, 4) is 11.5 Å². The van der Waals surface area contributed by atoms with E-state index in [-0.39, 0.29) is 12.7 Å². The first kappa shape index (κ1) is 15.6. The smallest absolute Gasteiger partial charge is 0.339 e. The van der Waals surface area contributed by atoms with Gasteiger partial charge in [-0.05, 0) is 24.6 Å². The second-order valence-electron chi connectivity index (χ2n) is 4.67. The molecule has 1 aliphatic heterocycles. The third-order valence-corrected chi connectivity index (χ3v) is 3.19. The maximum absolute atomic E-state index is 11.5. The van der Waals surface area contributed by atoms with E-state index in [1.807, 2.05) is 0 Å². The first-order valence-corrected chi connectivity index (χ1v) is 6.92. The van der Waals surface area contributed by atoms with Gasteiger partial charge in [0.2, 0.25) is 0 Å². The Hall–Kier alpha value is -1.79. The Kier molecular flexibility index (Phi) is 5.41. The topological polar surface area (TPSA) is 74.2 Å². The van der Waals surface area contributed by atoms with Gasteiger partial charge in [-0.1, -0.05) is 6.07 Å². The van der Waals surface area contributed by atoms with Crippen molar-refractivity contribution in [2.75, 3.05) is 26.9 Å². The van der Waals surface area contributed by atoms with Crippen molar-refractivity contribution >= 4 is 5.97 Å². The van der Waals surface area contributed by atoms with Gasteiger partial charge < -0.3 is 24.1 Å². The van der Waals surface area contributed by atoms with E-state index in [4.69, 9.17) is 18.9 Å². The highest BCUT2D eigenvalue weighted by Gasteiger charge is 2.22. The van der Waals surface area contributed by atoms with Gasteiger partial charge in [0.1, 0.15) is 6.10 Å². The monoisotopic (exact) mass is 296 g/mol. The molecule has 6 nitrogen and oxygen atoms in total. The summed E-state index contributed by atoms with van der Waals surface area (Å²) in [6.45, 7) is 3.14. The highest BCUT2D eigenvalue weighted by molar-refractivity contribution is 5.76. The summed E-state index contributed by atoms with van der Waals surface area (Å²) in [5, 5.41) is 9.92. The van der Waals surface area contributed by atoms with Crippen molar-refractivity contribution < 1.29 is 28.8 Å². The van der Waals surface area contributed by atoms with E-state index in [1.165, 1.54) is 7.11 Å². The Bertz CT molecular complexity index is 481. The summed E-state index contributed by atoms with van der Waals surface area (Å²) in [5.41, 5.74) is 0.403. The normalized spacial score (nSPS) is 19.1. The van der Waals surface area contributed by atoms with Gasteiger partial charge >= 0.3 is 5.97 Å². The Morgan fingerprint density at radius 2 is 2.29 bits per heavy atom. The lowest BCUT2D eigenvalue weighted by Gasteiger charge is -2.17. The molecule has 2 unspecified atom stereocenters. The lowest BCUT2D eigenvalue weighted by molar-refractivity contribution is -0.153. The maximum Gasteiger partial charge on any atom is 0.339 e. The third kappa shape index (κ3) is 3.86. The number of benzene rings is 1. The van der Waals surface area contributed by atoms with Crippen LogP contribution in [0.15, 0.2) is 18.2 Å². The van der Waals surface area contributed by atoms with E-state index in [2.05, 4.69) is 0 Å². The van der Waals surface area contributed by atoms with E-state index < -0.39 is 12.1 Å². The fourth-order valence-corrected chi connectivity index (χ4v) is 2.09. The molecule has 21 heavy (non-hydrogen) atoms.